The third kappa shape index (κ3) is 2.86. The van der Waals surface area contributed by atoms with Gasteiger partial charge in [0.1, 0.15) is 17.1 Å². The normalized spacial score (nSPS) is 11.2. The van der Waals surface area contributed by atoms with E-state index in [9.17, 15) is 9.90 Å². The summed E-state index contributed by atoms with van der Waals surface area (Å²) in [6, 6.07) is 10.1. The number of pyridine rings is 1. The van der Waals surface area contributed by atoms with Crippen molar-refractivity contribution in [3.63, 3.8) is 0 Å². The van der Waals surface area contributed by atoms with Gasteiger partial charge in [0.15, 0.2) is 11.5 Å². The van der Waals surface area contributed by atoms with Crippen LogP contribution >= 0.6 is 11.6 Å². The summed E-state index contributed by atoms with van der Waals surface area (Å²) in [5.74, 6) is -0.494. The van der Waals surface area contributed by atoms with Gasteiger partial charge in [0, 0.05) is 12.3 Å². The topological polar surface area (TPSA) is 88.5 Å². The molecule has 0 saturated carbocycles. The highest BCUT2D eigenvalue weighted by molar-refractivity contribution is 6.33. The molecule has 8 heteroatoms. The summed E-state index contributed by atoms with van der Waals surface area (Å²) in [7, 11) is 1.52. The second-order valence-electron chi connectivity index (χ2n) is 4.54. The zero-order valence-corrected chi connectivity index (χ0v) is 12.7. The van der Waals surface area contributed by atoms with E-state index >= 15 is 0 Å². The minimum atomic E-state index is -1.18. The number of imidazole rings is 1. The lowest BCUT2D eigenvalue weighted by atomic mass is 10.3. The van der Waals surface area contributed by atoms with Gasteiger partial charge in [0.2, 0.25) is 0 Å². The lowest BCUT2D eigenvalue weighted by Gasteiger charge is -2.02. The molecule has 0 aliphatic carbocycles. The first-order valence-corrected chi connectivity index (χ1v) is 6.93. The van der Waals surface area contributed by atoms with Crippen LogP contribution in [0.25, 0.3) is 5.65 Å². The van der Waals surface area contributed by atoms with Crippen molar-refractivity contribution < 1.29 is 14.6 Å². The third-order valence-electron chi connectivity index (χ3n) is 3.11. The molecule has 2 aromatic heterocycles. The van der Waals surface area contributed by atoms with E-state index < -0.39 is 5.97 Å². The van der Waals surface area contributed by atoms with Gasteiger partial charge in [0.05, 0.1) is 12.1 Å². The molecule has 7 nitrogen and oxygen atoms in total. The van der Waals surface area contributed by atoms with Gasteiger partial charge >= 0.3 is 5.97 Å². The summed E-state index contributed by atoms with van der Waals surface area (Å²) < 4.78 is 6.65. The van der Waals surface area contributed by atoms with Crippen LogP contribution in [0.4, 0.5) is 11.5 Å². The van der Waals surface area contributed by atoms with Crippen molar-refractivity contribution in [2.24, 2.45) is 10.2 Å². The minimum Gasteiger partial charge on any atom is -0.497 e. The highest BCUT2D eigenvalue weighted by Crippen LogP contribution is 2.31. The first-order chi connectivity index (χ1) is 11.1. The number of halogens is 1. The molecule has 116 valence electrons. The Morgan fingerprint density at radius 1 is 1.30 bits per heavy atom. The van der Waals surface area contributed by atoms with Crippen molar-refractivity contribution in [1.82, 2.24) is 9.38 Å². The molecule has 3 aromatic rings. The van der Waals surface area contributed by atoms with Crippen LogP contribution in [0.5, 0.6) is 5.75 Å². The van der Waals surface area contributed by atoms with E-state index in [0.717, 1.165) is 0 Å². The number of carboxylic acid groups (broad SMARTS) is 1. The summed E-state index contributed by atoms with van der Waals surface area (Å²) in [5, 5.41) is 17.7. The van der Waals surface area contributed by atoms with Gasteiger partial charge in [-0.15, -0.1) is 10.2 Å². The van der Waals surface area contributed by atoms with Crippen molar-refractivity contribution in [3.05, 3.63) is 53.3 Å². The monoisotopic (exact) mass is 330 g/mol. The van der Waals surface area contributed by atoms with Crippen LogP contribution in [0.2, 0.25) is 5.02 Å². The highest BCUT2D eigenvalue weighted by atomic mass is 35.5. The number of ether oxygens (including phenoxy) is 1. The van der Waals surface area contributed by atoms with Crippen molar-refractivity contribution in [2.75, 3.05) is 7.11 Å². The number of nitrogens with zero attached hydrogens (tertiary/aromatic N) is 4. The summed E-state index contributed by atoms with van der Waals surface area (Å²) >= 11 is 6.07. The van der Waals surface area contributed by atoms with Gasteiger partial charge in [0.25, 0.3) is 0 Å². The molecule has 0 amide bonds. The molecule has 23 heavy (non-hydrogen) atoms. The number of rotatable bonds is 4. The SMILES string of the molecule is COc1ccc(Cl)c(N=Nc2c(C(=O)O)nc3ccccn23)c1. The molecule has 0 fully saturated rings. The molecule has 0 spiro atoms. The Kier molecular flexibility index (Phi) is 3.94. The van der Waals surface area contributed by atoms with Crippen molar-refractivity contribution in [2.45, 2.75) is 0 Å². The second kappa shape index (κ2) is 6.05. The molecule has 0 aliphatic heterocycles. The van der Waals surface area contributed by atoms with E-state index in [1.165, 1.54) is 7.11 Å². The summed E-state index contributed by atoms with van der Waals surface area (Å²) in [4.78, 5) is 15.4. The molecule has 1 N–H and O–H groups in total. The maximum atomic E-state index is 11.3. The maximum Gasteiger partial charge on any atom is 0.358 e. The lowest BCUT2D eigenvalue weighted by Crippen LogP contribution is -1.96. The fourth-order valence-corrected chi connectivity index (χ4v) is 2.17. The number of hydrogen-bond donors (Lipinski definition) is 1. The van der Waals surface area contributed by atoms with Gasteiger partial charge in [-0.1, -0.05) is 17.7 Å². The van der Waals surface area contributed by atoms with E-state index in [2.05, 4.69) is 15.2 Å². The Labute approximate surface area is 135 Å². The number of carbonyl (C=O) groups is 1. The van der Waals surface area contributed by atoms with E-state index in [1.54, 1.807) is 47.0 Å². The molecular formula is C15H11ClN4O3. The first-order valence-electron chi connectivity index (χ1n) is 6.56. The standard InChI is InChI=1S/C15H11ClN4O3/c1-23-9-5-6-10(16)11(8-9)18-19-14-13(15(21)22)17-12-4-2-3-7-20(12)14/h2-8H,1H3,(H,21,22). The lowest BCUT2D eigenvalue weighted by molar-refractivity contribution is 0.0692. The molecule has 0 saturated heterocycles. The number of azo groups is 1. The molecule has 0 atom stereocenters. The smallest absolute Gasteiger partial charge is 0.358 e. The number of benzene rings is 1. The predicted octanol–water partition coefficient (Wildman–Crippen LogP) is 4.11. The molecule has 1 aromatic carbocycles. The molecular weight excluding hydrogens is 320 g/mol. The predicted molar refractivity (Wildman–Crippen MR) is 84.3 cm³/mol. The van der Waals surface area contributed by atoms with E-state index in [4.69, 9.17) is 16.3 Å². The Bertz CT molecular complexity index is 920. The molecule has 0 bridgehead atoms. The largest absolute Gasteiger partial charge is 0.497 e. The van der Waals surface area contributed by atoms with Crippen LogP contribution in [0, 0.1) is 0 Å². The highest BCUT2D eigenvalue weighted by Gasteiger charge is 2.18. The van der Waals surface area contributed by atoms with Gasteiger partial charge in [-0.25, -0.2) is 9.78 Å². The number of methoxy groups -OCH3 is 1. The number of fused-ring (bicyclic) bond motifs is 1. The van der Waals surface area contributed by atoms with E-state index in [-0.39, 0.29) is 11.5 Å². The minimum absolute atomic E-state index is 0.118. The zero-order valence-electron chi connectivity index (χ0n) is 12.0. The van der Waals surface area contributed by atoms with Crippen LogP contribution in [0.15, 0.2) is 52.8 Å². The Morgan fingerprint density at radius 3 is 2.87 bits per heavy atom. The van der Waals surface area contributed by atoms with Crippen molar-refractivity contribution in [1.29, 1.82) is 0 Å². The third-order valence-corrected chi connectivity index (χ3v) is 3.43. The summed E-state index contributed by atoms with van der Waals surface area (Å²) in [5.41, 5.74) is 0.655. The Balaban J connectivity index is 2.11. The molecule has 0 aliphatic rings. The number of hydrogen-bond acceptors (Lipinski definition) is 5. The van der Waals surface area contributed by atoms with Crippen molar-refractivity contribution in [3.8, 4) is 5.75 Å². The van der Waals surface area contributed by atoms with Crippen LogP contribution in [-0.4, -0.2) is 27.6 Å². The fourth-order valence-electron chi connectivity index (χ4n) is 2.02. The van der Waals surface area contributed by atoms with Crippen LogP contribution < -0.4 is 4.74 Å². The molecule has 2 heterocycles. The van der Waals surface area contributed by atoms with Gasteiger partial charge in [-0.3, -0.25) is 4.40 Å². The average molecular weight is 331 g/mol. The quantitative estimate of drug-likeness (QED) is 0.729. The van der Waals surface area contributed by atoms with Crippen LogP contribution in [0.3, 0.4) is 0 Å². The first kappa shape index (κ1) is 15.0. The van der Waals surface area contributed by atoms with Gasteiger partial charge in [-0.2, -0.15) is 0 Å². The van der Waals surface area contributed by atoms with Crippen LogP contribution in [0.1, 0.15) is 10.5 Å². The van der Waals surface area contributed by atoms with Gasteiger partial charge < -0.3 is 9.84 Å². The molecule has 0 radical (unpaired) electrons. The van der Waals surface area contributed by atoms with Crippen molar-refractivity contribution >= 4 is 34.7 Å². The zero-order chi connectivity index (χ0) is 16.4. The molecule has 0 unspecified atom stereocenters. The fraction of sp³-hybridized carbons (Fsp3) is 0.0667. The average Bonchev–Trinajstić information content (AvgIpc) is 2.93. The summed E-state index contributed by atoms with van der Waals surface area (Å²) in [6.07, 6.45) is 1.66. The molecule has 3 rings (SSSR count). The van der Waals surface area contributed by atoms with Gasteiger partial charge in [-0.05, 0) is 24.3 Å². The number of carboxylic acids is 1. The number of aromatic carboxylic acids is 1. The maximum absolute atomic E-state index is 11.3. The van der Waals surface area contributed by atoms with E-state index in [0.29, 0.717) is 22.1 Å². The summed E-state index contributed by atoms with van der Waals surface area (Å²) in [6.45, 7) is 0. The number of aromatic nitrogens is 2. The van der Waals surface area contributed by atoms with Crippen LogP contribution in [-0.2, 0) is 0 Å². The Hall–Kier alpha value is -2.93. The van der Waals surface area contributed by atoms with E-state index in [1.807, 2.05) is 0 Å². The second-order valence-corrected chi connectivity index (χ2v) is 4.94. The Morgan fingerprint density at radius 2 is 2.13 bits per heavy atom.